The number of halogens is 3. The molecule has 2 N–H and O–H groups in total. The zero-order chi connectivity index (χ0) is 16.3. The molecule has 1 aromatic heterocycles. The second kappa shape index (κ2) is 7.16. The molecule has 1 aromatic carbocycles. The second-order valence-electron chi connectivity index (χ2n) is 4.03. The number of hydrogen-bond donors (Lipinski definition) is 2. The highest BCUT2D eigenvalue weighted by Gasteiger charge is 2.18. The van der Waals surface area contributed by atoms with Crippen LogP contribution >= 0.6 is 46.1 Å². The maximum atomic E-state index is 11.9. The van der Waals surface area contributed by atoms with Gasteiger partial charge in [-0.2, -0.15) is 0 Å². The van der Waals surface area contributed by atoms with Gasteiger partial charge in [0.1, 0.15) is 4.21 Å². The topological polar surface area (TPSA) is 75.3 Å². The molecule has 0 saturated carbocycles. The van der Waals surface area contributed by atoms with Gasteiger partial charge in [-0.15, -0.1) is 11.3 Å². The second-order valence-corrected chi connectivity index (χ2v) is 8.53. The Balaban J connectivity index is 2.00. The largest absolute Gasteiger partial charge is 0.324 e. The average molecular weight is 400 g/mol. The number of hydrogen-bond acceptors (Lipinski definition) is 4. The molecule has 0 aliphatic heterocycles. The summed E-state index contributed by atoms with van der Waals surface area (Å²) in [6.45, 7) is -0.444. The molecule has 0 bridgehead atoms. The summed E-state index contributed by atoms with van der Waals surface area (Å²) in [6.07, 6.45) is 0. The number of nitrogens with one attached hydrogen (secondary N) is 2. The lowest BCUT2D eigenvalue weighted by Gasteiger charge is -2.09. The Labute approximate surface area is 146 Å². The van der Waals surface area contributed by atoms with E-state index in [1.165, 1.54) is 12.1 Å². The van der Waals surface area contributed by atoms with Crippen LogP contribution in [0.4, 0.5) is 5.69 Å². The Kier molecular flexibility index (Phi) is 5.70. The van der Waals surface area contributed by atoms with Crippen LogP contribution in [0.3, 0.4) is 0 Å². The number of carbonyl (C=O) groups is 1. The van der Waals surface area contributed by atoms with Crippen molar-refractivity contribution in [2.45, 2.75) is 4.21 Å². The molecule has 10 heteroatoms. The Morgan fingerprint density at radius 3 is 2.50 bits per heavy atom. The fourth-order valence-electron chi connectivity index (χ4n) is 1.47. The van der Waals surface area contributed by atoms with Gasteiger partial charge in [0, 0.05) is 0 Å². The predicted molar refractivity (Wildman–Crippen MR) is 89.6 cm³/mol. The van der Waals surface area contributed by atoms with Gasteiger partial charge in [-0.25, -0.2) is 13.1 Å². The van der Waals surface area contributed by atoms with Gasteiger partial charge in [0.15, 0.2) is 0 Å². The standard InChI is InChI=1S/C12H9Cl3N2O3S2/c13-7-2-1-3-8(12(7)15)17-10(18)6-16-22(19,20)11-5-4-9(14)21-11/h1-5,16H,6H2,(H,17,18). The van der Waals surface area contributed by atoms with Crippen molar-refractivity contribution in [3.8, 4) is 0 Å². The summed E-state index contributed by atoms with van der Waals surface area (Å²) in [5.41, 5.74) is 0.303. The van der Waals surface area contributed by atoms with E-state index in [1.807, 2.05) is 0 Å². The first-order chi connectivity index (χ1) is 10.3. The van der Waals surface area contributed by atoms with Crippen LogP contribution in [0.5, 0.6) is 0 Å². The van der Waals surface area contributed by atoms with Crippen molar-refractivity contribution in [1.29, 1.82) is 0 Å². The highest BCUT2D eigenvalue weighted by atomic mass is 35.5. The lowest BCUT2D eigenvalue weighted by molar-refractivity contribution is -0.115. The van der Waals surface area contributed by atoms with Crippen LogP contribution in [-0.2, 0) is 14.8 Å². The Morgan fingerprint density at radius 1 is 1.14 bits per heavy atom. The smallest absolute Gasteiger partial charge is 0.250 e. The van der Waals surface area contributed by atoms with Crippen molar-refractivity contribution in [2.24, 2.45) is 0 Å². The van der Waals surface area contributed by atoms with Crippen LogP contribution in [0.2, 0.25) is 14.4 Å². The Bertz CT molecular complexity index is 806. The molecule has 2 aromatic rings. The van der Waals surface area contributed by atoms with Gasteiger partial charge in [0.2, 0.25) is 5.91 Å². The summed E-state index contributed by atoms with van der Waals surface area (Å²) in [7, 11) is -3.78. The molecule has 0 fully saturated rings. The number of rotatable bonds is 5. The highest BCUT2D eigenvalue weighted by molar-refractivity contribution is 7.91. The van der Waals surface area contributed by atoms with Crippen LogP contribution < -0.4 is 10.0 Å². The zero-order valence-electron chi connectivity index (χ0n) is 10.8. The molecule has 0 aliphatic carbocycles. The van der Waals surface area contributed by atoms with E-state index in [2.05, 4.69) is 10.0 Å². The van der Waals surface area contributed by atoms with Crippen LogP contribution in [0.15, 0.2) is 34.5 Å². The maximum absolute atomic E-state index is 11.9. The molecule has 1 heterocycles. The summed E-state index contributed by atoms with van der Waals surface area (Å²) < 4.78 is 26.4. The molecule has 22 heavy (non-hydrogen) atoms. The van der Waals surface area contributed by atoms with Gasteiger partial charge < -0.3 is 5.32 Å². The molecule has 0 spiro atoms. The van der Waals surface area contributed by atoms with Crippen LogP contribution in [0.1, 0.15) is 0 Å². The number of benzene rings is 1. The van der Waals surface area contributed by atoms with E-state index >= 15 is 0 Å². The minimum absolute atomic E-state index is 0.0334. The van der Waals surface area contributed by atoms with Crippen LogP contribution in [-0.4, -0.2) is 20.9 Å². The number of amides is 1. The molecule has 0 saturated heterocycles. The monoisotopic (exact) mass is 398 g/mol. The van der Waals surface area contributed by atoms with E-state index in [1.54, 1.807) is 18.2 Å². The van der Waals surface area contributed by atoms with Gasteiger partial charge in [0.25, 0.3) is 10.0 Å². The van der Waals surface area contributed by atoms with Crippen molar-refractivity contribution < 1.29 is 13.2 Å². The third kappa shape index (κ3) is 4.34. The molecule has 1 amide bonds. The van der Waals surface area contributed by atoms with Gasteiger partial charge in [-0.1, -0.05) is 40.9 Å². The number of sulfonamides is 1. The SMILES string of the molecule is O=C(CNS(=O)(=O)c1ccc(Cl)s1)Nc1cccc(Cl)c1Cl. The summed E-state index contributed by atoms with van der Waals surface area (Å²) in [4.78, 5) is 11.8. The van der Waals surface area contributed by atoms with Crippen LogP contribution in [0.25, 0.3) is 0 Å². The van der Waals surface area contributed by atoms with E-state index in [9.17, 15) is 13.2 Å². The van der Waals surface area contributed by atoms with E-state index in [0.29, 0.717) is 10.0 Å². The quantitative estimate of drug-likeness (QED) is 0.806. The Morgan fingerprint density at radius 2 is 1.86 bits per heavy atom. The van der Waals surface area contributed by atoms with Crippen molar-refractivity contribution in [1.82, 2.24) is 4.72 Å². The third-order valence-electron chi connectivity index (χ3n) is 2.46. The van der Waals surface area contributed by atoms with Crippen molar-refractivity contribution in [3.05, 3.63) is 44.7 Å². The zero-order valence-corrected chi connectivity index (χ0v) is 14.7. The molecule has 0 aliphatic rings. The van der Waals surface area contributed by atoms with E-state index in [-0.39, 0.29) is 14.3 Å². The van der Waals surface area contributed by atoms with E-state index in [4.69, 9.17) is 34.8 Å². The molecule has 0 radical (unpaired) electrons. The molecule has 0 atom stereocenters. The Hall–Kier alpha value is -0.830. The number of thiophene rings is 1. The summed E-state index contributed by atoms with van der Waals surface area (Å²) >= 11 is 18.3. The predicted octanol–water partition coefficient (Wildman–Crippen LogP) is 3.63. The first-order valence-corrected chi connectivity index (χ1v) is 9.22. The first kappa shape index (κ1) is 17.5. The molecule has 5 nitrogen and oxygen atoms in total. The molecule has 118 valence electrons. The normalized spacial score (nSPS) is 11.4. The van der Waals surface area contributed by atoms with E-state index in [0.717, 1.165) is 11.3 Å². The molecule has 0 unspecified atom stereocenters. The summed E-state index contributed by atoms with van der Waals surface area (Å²) in [6, 6.07) is 7.57. The van der Waals surface area contributed by atoms with Crippen molar-refractivity contribution >= 4 is 67.8 Å². The summed E-state index contributed by atoms with van der Waals surface area (Å²) in [5.74, 6) is -0.574. The summed E-state index contributed by atoms with van der Waals surface area (Å²) in [5, 5.41) is 2.95. The minimum atomic E-state index is -3.78. The van der Waals surface area contributed by atoms with Gasteiger partial charge in [-0.05, 0) is 24.3 Å². The average Bonchev–Trinajstić information content (AvgIpc) is 2.89. The molecule has 2 rings (SSSR count). The number of anilines is 1. The van der Waals surface area contributed by atoms with Gasteiger partial charge >= 0.3 is 0 Å². The minimum Gasteiger partial charge on any atom is -0.324 e. The fraction of sp³-hybridized carbons (Fsp3) is 0.0833. The third-order valence-corrected chi connectivity index (χ3v) is 6.40. The van der Waals surface area contributed by atoms with Gasteiger partial charge in [0.05, 0.1) is 26.6 Å². The van der Waals surface area contributed by atoms with Crippen LogP contribution in [0, 0.1) is 0 Å². The number of carbonyl (C=O) groups excluding carboxylic acids is 1. The fourth-order valence-corrected chi connectivity index (χ4v) is 4.33. The lowest BCUT2D eigenvalue weighted by Crippen LogP contribution is -2.32. The van der Waals surface area contributed by atoms with Crippen molar-refractivity contribution in [2.75, 3.05) is 11.9 Å². The van der Waals surface area contributed by atoms with Gasteiger partial charge in [-0.3, -0.25) is 4.79 Å². The van der Waals surface area contributed by atoms with Crippen molar-refractivity contribution in [3.63, 3.8) is 0 Å². The van der Waals surface area contributed by atoms with E-state index < -0.39 is 22.5 Å². The highest BCUT2D eigenvalue weighted by Crippen LogP contribution is 2.29. The maximum Gasteiger partial charge on any atom is 0.250 e. The molecular formula is C12H9Cl3N2O3S2. The lowest BCUT2D eigenvalue weighted by atomic mass is 10.3. The first-order valence-electron chi connectivity index (χ1n) is 5.78. The molecular weight excluding hydrogens is 391 g/mol.